The second kappa shape index (κ2) is 5.56. The number of carbonyl (C=O) groups excluding carboxylic acids is 1. The fourth-order valence-electron chi connectivity index (χ4n) is 1.55. The monoisotopic (exact) mass is 263 g/mol. The molecule has 1 atom stereocenters. The summed E-state index contributed by atoms with van der Waals surface area (Å²) in [7, 11) is 0. The molecular weight excluding hydrogens is 252 g/mol. The predicted octanol–water partition coefficient (Wildman–Crippen LogP) is 3.28. The first-order valence-electron chi connectivity index (χ1n) is 5.65. The molecule has 0 radical (unpaired) electrons. The van der Waals surface area contributed by atoms with Crippen molar-refractivity contribution >= 4 is 5.97 Å². The summed E-state index contributed by atoms with van der Waals surface area (Å²) in [4.78, 5) is 15.8. The third kappa shape index (κ3) is 3.13. The van der Waals surface area contributed by atoms with E-state index in [1.165, 1.54) is 0 Å². The number of hydrogen-bond acceptors (Lipinski definition) is 3. The summed E-state index contributed by atoms with van der Waals surface area (Å²) < 4.78 is 31.4. The highest BCUT2D eigenvalue weighted by atomic mass is 19.1. The first-order chi connectivity index (χ1) is 9.08. The van der Waals surface area contributed by atoms with E-state index in [1.54, 1.807) is 31.3 Å². The van der Waals surface area contributed by atoms with Crippen molar-refractivity contribution in [2.45, 2.75) is 13.0 Å². The van der Waals surface area contributed by atoms with Gasteiger partial charge in [-0.25, -0.2) is 13.6 Å². The van der Waals surface area contributed by atoms with Crippen molar-refractivity contribution in [1.29, 1.82) is 0 Å². The zero-order chi connectivity index (χ0) is 13.8. The molecule has 0 fully saturated rings. The lowest BCUT2D eigenvalue weighted by molar-refractivity contribution is 0.0323. The Balaban J connectivity index is 2.15. The van der Waals surface area contributed by atoms with Gasteiger partial charge in [0.05, 0.1) is 11.3 Å². The Bertz CT molecular complexity index is 587. The van der Waals surface area contributed by atoms with Crippen molar-refractivity contribution in [2.24, 2.45) is 0 Å². The largest absolute Gasteiger partial charge is 0.452 e. The Labute approximate surface area is 108 Å². The lowest BCUT2D eigenvalue weighted by Gasteiger charge is -2.12. The summed E-state index contributed by atoms with van der Waals surface area (Å²) in [5, 5.41) is 0. The lowest BCUT2D eigenvalue weighted by Crippen LogP contribution is -2.12. The van der Waals surface area contributed by atoms with Gasteiger partial charge in [0.1, 0.15) is 17.7 Å². The van der Waals surface area contributed by atoms with E-state index in [1.807, 2.05) is 0 Å². The maximum atomic E-state index is 13.4. The molecule has 5 heteroatoms. The number of benzene rings is 1. The van der Waals surface area contributed by atoms with Crippen LogP contribution in [0.2, 0.25) is 0 Å². The number of rotatable bonds is 3. The molecule has 0 N–H and O–H groups in total. The Morgan fingerprint density at radius 2 is 2.05 bits per heavy atom. The summed E-state index contributed by atoms with van der Waals surface area (Å²) in [5.41, 5.74) is 0.107. The molecule has 1 aromatic carbocycles. The molecule has 19 heavy (non-hydrogen) atoms. The molecule has 2 rings (SSSR count). The van der Waals surface area contributed by atoms with Gasteiger partial charge in [0.2, 0.25) is 0 Å². The van der Waals surface area contributed by atoms with Crippen LogP contribution in [0.5, 0.6) is 0 Å². The average Bonchev–Trinajstić information content (AvgIpc) is 2.42. The number of halogens is 2. The number of hydrogen-bond donors (Lipinski definition) is 0. The minimum atomic E-state index is -0.921. The van der Waals surface area contributed by atoms with Gasteiger partial charge >= 0.3 is 5.97 Å². The van der Waals surface area contributed by atoms with Crippen LogP contribution in [0, 0.1) is 11.6 Å². The lowest BCUT2D eigenvalue weighted by atomic mass is 10.2. The van der Waals surface area contributed by atoms with E-state index in [-0.39, 0.29) is 0 Å². The van der Waals surface area contributed by atoms with E-state index in [2.05, 4.69) is 4.98 Å². The van der Waals surface area contributed by atoms with E-state index in [0.717, 1.165) is 18.2 Å². The minimum Gasteiger partial charge on any atom is -0.452 e. The zero-order valence-corrected chi connectivity index (χ0v) is 10.1. The van der Waals surface area contributed by atoms with E-state index in [4.69, 9.17) is 4.74 Å². The first kappa shape index (κ1) is 13.1. The van der Waals surface area contributed by atoms with Gasteiger partial charge in [0.25, 0.3) is 0 Å². The molecule has 1 aromatic heterocycles. The van der Waals surface area contributed by atoms with E-state index >= 15 is 0 Å². The van der Waals surface area contributed by atoms with Crippen LogP contribution in [0.25, 0.3) is 0 Å². The summed E-state index contributed by atoms with van der Waals surface area (Å²) in [6.45, 7) is 1.61. The van der Waals surface area contributed by atoms with E-state index < -0.39 is 29.3 Å². The summed E-state index contributed by atoms with van der Waals surface area (Å²) in [6, 6.07) is 7.79. The highest BCUT2D eigenvalue weighted by Crippen LogP contribution is 2.18. The van der Waals surface area contributed by atoms with Gasteiger partial charge in [-0.2, -0.15) is 0 Å². The summed E-state index contributed by atoms with van der Waals surface area (Å²) in [5.74, 6) is -2.44. The summed E-state index contributed by atoms with van der Waals surface area (Å²) in [6.07, 6.45) is 0.916. The molecule has 3 nitrogen and oxygen atoms in total. The Morgan fingerprint density at radius 1 is 1.26 bits per heavy atom. The molecule has 1 heterocycles. The van der Waals surface area contributed by atoms with Crippen molar-refractivity contribution in [3.05, 3.63) is 65.5 Å². The average molecular weight is 263 g/mol. The van der Waals surface area contributed by atoms with Crippen LogP contribution in [-0.4, -0.2) is 11.0 Å². The van der Waals surface area contributed by atoms with Crippen LogP contribution in [0.15, 0.2) is 42.6 Å². The molecule has 0 bridgehead atoms. The van der Waals surface area contributed by atoms with Crippen LogP contribution in [0.3, 0.4) is 0 Å². The van der Waals surface area contributed by atoms with Crippen molar-refractivity contribution in [1.82, 2.24) is 4.98 Å². The van der Waals surface area contributed by atoms with Crippen molar-refractivity contribution in [2.75, 3.05) is 0 Å². The van der Waals surface area contributed by atoms with Crippen molar-refractivity contribution < 1.29 is 18.3 Å². The minimum absolute atomic E-state index is 0.428. The molecule has 0 saturated carbocycles. The molecule has 0 unspecified atom stereocenters. The highest BCUT2D eigenvalue weighted by Gasteiger charge is 2.18. The molecule has 0 amide bonds. The molecule has 0 saturated heterocycles. The number of pyridine rings is 1. The number of esters is 1. The third-order valence-corrected chi connectivity index (χ3v) is 2.54. The number of aromatic nitrogens is 1. The quantitative estimate of drug-likeness (QED) is 0.798. The van der Waals surface area contributed by atoms with Gasteiger partial charge in [-0.1, -0.05) is 6.07 Å². The Kier molecular flexibility index (Phi) is 3.85. The SMILES string of the molecule is C[C@H](OC(=O)c1cc(F)ccc1F)c1ccccn1. The standard InChI is InChI=1S/C14H11F2NO2/c1-9(13-4-2-3-7-17-13)19-14(18)11-8-10(15)5-6-12(11)16/h2-9H,1H3/t9-/m0/s1. The van der Waals surface area contributed by atoms with Gasteiger partial charge in [0.15, 0.2) is 0 Å². The zero-order valence-electron chi connectivity index (χ0n) is 10.1. The highest BCUT2D eigenvalue weighted by molar-refractivity contribution is 5.89. The molecule has 0 aliphatic carbocycles. The number of carbonyl (C=O) groups is 1. The van der Waals surface area contributed by atoms with Gasteiger partial charge in [-0.3, -0.25) is 4.98 Å². The number of ether oxygens (including phenoxy) is 1. The van der Waals surface area contributed by atoms with E-state index in [9.17, 15) is 13.6 Å². The van der Waals surface area contributed by atoms with Crippen LogP contribution in [0.1, 0.15) is 29.1 Å². The summed E-state index contributed by atoms with van der Waals surface area (Å²) >= 11 is 0. The Morgan fingerprint density at radius 3 is 2.74 bits per heavy atom. The molecular formula is C14H11F2NO2. The topological polar surface area (TPSA) is 39.2 Å². The van der Waals surface area contributed by atoms with Gasteiger partial charge < -0.3 is 4.74 Å². The van der Waals surface area contributed by atoms with Crippen LogP contribution in [-0.2, 0) is 4.74 Å². The maximum Gasteiger partial charge on any atom is 0.341 e. The van der Waals surface area contributed by atoms with Crippen LogP contribution in [0.4, 0.5) is 8.78 Å². The van der Waals surface area contributed by atoms with Gasteiger partial charge in [-0.15, -0.1) is 0 Å². The Hall–Kier alpha value is -2.30. The van der Waals surface area contributed by atoms with Crippen molar-refractivity contribution in [3.63, 3.8) is 0 Å². The van der Waals surface area contributed by atoms with E-state index in [0.29, 0.717) is 5.69 Å². The normalized spacial score (nSPS) is 11.9. The molecule has 98 valence electrons. The van der Waals surface area contributed by atoms with Crippen molar-refractivity contribution in [3.8, 4) is 0 Å². The fraction of sp³-hybridized carbons (Fsp3) is 0.143. The third-order valence-electron chi connectivity index (χ3n) is 2.54. The predicted molar refractivity (Wildman–Crippen MR) is 64.4 cm³/mol. The van der Waals surface area contributed by atoms with Crippen LogP contribution < -0.4 is 0 Å². The van der Waals surface area contributed by atoms with Crippen LogP contribution >= 0.6 is 0 Å². The molecule has 0 spiro atoms. The molecule has 0 aliphatic rings. The second-order valence-electron chi connectivity index (χ2n) is 3.93. The first-order valence-corrected chi connectivity index (χ1v) is 5.65. The fourth-order valence-corrected chi connectivity index (χ4v) is 1.55. The molecule has 0 aliphatic heterocycles. The maximum absolute atomic E-state index is 13.4. The number of nitrogens with zero attached hydrogens (tertiary/aromatic N) is 1. The van der Waals surface area contributed by atoms with Gasteiger partial charge in [0, 0.05) is 6.20 Å². The smallest absolute Gasteiger partial charge is 0.341 e. The van der Waals surface area contributed by atoms with Gasteiger partial charge in [-0.05, 0) is 37.3 Å². The molecule has 2 aromatic rings. The second-order valence-corrected chi connectivity index (χ2v) is 3.93.